The summed E-state index contributed by atoms with van der Waals surface area (Å²) in [5, 5.41) is 3.37. The van der Waals surface area contributed by atoms with E-state index in [2.05, 4.69) is 10.3 Å². The van der Waals surface area contributed by atoms with Crippen LogP contribution in [0.15, 0.2) is 18.2 Å². The van der Waals surface area contributed by atoms with E-state index in [1.165, 1.54) is 11.3 Å². The first-order chi connectivity index (χ1) is 9.53. The van der Waals surface area contributed by atoms with Crippen LogP contribution in [0.3, 0.4) is 0 Å². The molecule has 5 nitrogen and oxygen atoms in total. The number of amides is 1. The van der Waals surface area contributed by atoms with E-state index < -0.39 is 0 Å². The Hall–Kier alpha value is -2.08. The Morgan fingerprint density at radius 3 is 2.20 bits per heavy atom. The van der Waals surface area contributed by atoms with Crippen LogP contribution in [0.1, 0.15) is 20.9 Å². The number of thiazole rings is 1. The molecule has 1 aromatic heterocycles. The van der Waals surface area contributed by atoms with Gasteiger partial charge in [-0.25, -0.2) is 4.98 Å². The van der Waals surface area contributed by atoms with Crippen LogP contribution in [0.2, 0.25) is 0 Å². The molecule has 0 spiro atoms. The number of carbonyl (C=O) groups excluding carboxylic acids is 1. The molecule has 2 rings (SSSR count). The smallest absolute Gasteiger partial charge is 0.257 e. The molecule has 1 heterocycles. The Labute approximate surface area is 121 Å². The maximum absolute atomic E-state index is 12.2. The molecular formula is C14H16N2O3S. The van der Waals surface area contributed by atoms with Gasteiger partial charge in [-0.1, -0.05) is 0 Å². The second kappa shape index (κ2) is 5.92. The molecule has 0 aliphatic heterocycles. The second-order valence-electron chi connectivity index (χ2n) is 4.22. The number of rotatable bonds is 4. The summed E-state index contributed by atoms with van der Waals surface area (Å²) in [4.78, 5) is 17.6. The first-order valence-electron chi connectivity index (χ1n) is 6.02. The highest BCUT2D eigenvalue weighted by Crippen LogP contribution is 2.25. The van der Waals surface area contributed by atoms with Gasteiger partial charge < -0.3 is 9.47 Å². The quantitative estimate of drug-likeness (QED) is 0.941. The van der Waals surface area contributed by atoms with Crippen LogP contribution in [0, 0.1) is 13.8 Å². The second-order valence-corrected chi connectivity index (χ2v) is 5.42. The number of nitrogens with zero attached hydrogens (tertiary/aromatic N) is 1. The molecule has 1 amide bonds. The van der Waals surface area contributed by atoms with E-state index in [0.29, 0.717) is 22.2 Å². The topological polar surface area (TPSA) is 60.5 Å². The van der Waals surface area contributed by atoms with E-state index in [-0.39, 0.29) is 5.91 Å². The SMILES string of the molecule is COc1cc(OC)cc(C(=O)Nc2nc(C)c(C)s2)c1. The molecule has 0 bridgehead atoms. The summed E-state index contributed by atoms with van der Waals surface area (Å²) in [5.74, 6) is 0.901. The lowest BCUT2D eigenvalue weighted by Gasteiger charge is -2.08. The van der Waals surface area contributed by atoms with Crippen molar-refractivity contribution in [2.75, 3.05) is 19.5 Å². The number of hydrogen-bond donors (Lipinski definition) is 1. The number of methoxy groups -OCH3 is 2. The summed E-state index contributed by atoms with van der Waals surface area (Å²) >= 11 is 1.45. The van der Waals surface area contributed by atoms with Gasteiger partial charge in [0.15, 0.2) is 5.13 Å². The van der Waals surface area contributed by atoms with Gasteiger partial charge in [0, 0.05) is 16.5 Å². The number of hydrogen-bond acceptors (Lipinski definition) is 5. The molecule has 2 aromatic rings. The lowest BCUT2D eigenvalue weighted by Crippen LogP contribution is -2.12. The molecule has 0 unspecified atom stereocenters. The average Bonchev–Trinajstić information content (AvgIpc) is 2.76. The Morgan fingerprint density at radius 1 is 1.15 bits per heavy atom. The minimum Gasteiger partial charge on any atom is -0.497 e. The molecule has 20 heavy (non-hydrogen) atoms. The van der Waals surface area contributed by atoms with Crippen LogP contribution < -0.4 is 14.8 Å². The van der Waals surface area contributed by atoms with Crippen LogP contribution in [0.5, 0.6) is 11.5 Å². The maximum atomic E-state index is 12.2. The third-order valence-corrected chi connectivity index (χ3v) is 3.85. The highest BCUT2D eigenvalue weighted by atomic mass is 32.1. The fourth-order valence-electron chi connectivity index (χ4n) is 1.63. The zero-order valence-corrected chi connectivity index (χ0v) is 12.6. The minimum atomic E-state index is -0.240. The lowest BCUT2D eigenvalue weighted by atomic mass is 10.2. The number of aromatic nitrogens is 1. The summed E-state index contributed by atoms with van der Waals surface area (Å²) in [7, 11) is 3.09. The average molecular weight is 292 g/mol. The number of aryl methyl sites for hydroxylation is 2. The molecule has 0 saturated carbocycles. The number of anilines is 1. The fraction of sp³-hybridized carbons (Fsp3) is 0.286. The molecular weight excluding hydrogens is 276 g/mol. The number of ether oxygens (including phenoxy) is 2. The van der Waals surface area contributed by atoms with Crippen molar-refractivity contribution in [1.82, 2.24) is 4.98 Å². The molecule has 106 valence electrons. The van der Waals surface area contributed by atoms with Gasteiger partial charge in [0.05, 0.1) is 19.9 Å². The van der Waals surface area contributed by atoms with Crippen molar-refractivity contribution in [3.05, 3.63) is 34.3 Å². The van der Waals surface area contributed by atoms with E-state index >= 15 is 0 Å². The molecule has 0 radical (unpaired) electrons. The van der Waals surface area contributed by atoms with Gasteiger partial charge in [-0.05, 0) is 26.0 Å². The lowest BCUT2D eigenvalue weighted by molar-refractivity contribution is 0.102. The highest BCUT2D eigenvalue weighted by Gasteiger charge is 2.12. The zero-order chi connectivity index (χ0) is 14.7. The highest BCUT2D eigenvalue weighted by molar-refractivity contribution is 7.15. The maximum Gasteiger partial charge on any atom is 0.257 e. The minimum absolute atomic E-state index is 0.240. The fourth-order valence-corrected chi connectivity index (χ4v) is 2.44. The summed E-state index contributed by atoms with van der Waals surface area (Å²) in [6.45, 7) is 3.88. The van der Waals surface area contributed by atoms with Gasteiger partial charge in [-0.3, -0.25) is 10.1 Å². The van der Waals surface area contributed by atoms with Crippen molar-refractivity contribution in [1.29, 1.82) is 0 Å². The molecule has 6 heteroatoms. The molecule has 0 atom stereocenters. The van der Waals surface area contributed by atoms with Crippen LogP contribution in [0.4, 0.5) is 5.13 Å². The van der Waals surface area contributed by atoms with Crippen molar-refractivity contribution in [2.24, 2.45) is 0 Å². The number of nitrogens with one attached hydrogen (secondary N) is 1. The summed E-state index contributed by atoms with van der Waals surface area (Å²) in [5.41, 5.74) is 1.39. The van der Waals surface area contributed by atoms with Crippen molar-refractivity contribution in [2.45, 2.75) is 13.8 Å². The van der Waals surface area contributed by atoms with Crippen LogP contribution >= 0.6 is 11.3 Å². The van der Waals surface area contributed by atoms with Crippen molar-refractivity contribution < 1.29 is 14.3 Å². The van der Waals surface area contributed by atoms with E-state index in [4.69, 9.17) is 9.47 Å². The van der Waals surface area contributed by atoms with Gasteiger partial charge >= 0.3 is 0 Å². The molecule has 1 aromatic carbocycles. The van der Waals surface area contributed by atoms with Crippen molar-refractivity contribution in [3.63, 3.8) is 0 Å². The first-order valence-corrected chi connectivity index (χ1v) is 6.83. The predicted molar refractivity (Wildman–Crippen MR) is 79.1 cm³/mol. The van der Waals surface area contributed by atoms with Crippen LogP contribution in [-0.4, -0.2) is 25.1 Å². The Morgan fingerprint density at radius 2 is 1.75 bits per heavy atom. The predicted octanol–water partition coefficient (Wildman–Crippen LogP) is 3.03. The summed E-state index contributed by atoms with van der Waals surface area (Å²) in [6.07, 6.45) is 0. The Balaban J connectivity index is 2.24. The van der Waals surface area contributed by atoms with E-state index in [9.17, 15) is 4.79 Å². The normalized spacial score (nSPS) is 10.2. The largest absolute Gasteiger partial charge is 0.497 e. The standard InChI is InChI=1S/C14H16N2O3S/c1-8-9(2)20-14(15-8)16-13(17)10-5-11(18-3)7-12(6-10)19-4/h5-7H,1-4H3,(H,15,16,17). The Bertz CT molecular complexity index is 596. The summed E-state index contributed by atoms with van der Waals surface area (Å²) in [6, 6.07) is 5.03. The summed E-state index contributed by atoms with van der Waals surface area (Å²) < 4.78 is 10.3. The number of carbonyl (C=O) groups is 1. The molecule has 1 N–H and O–H groups in total. The zero-order valence-electron chi connectivity index (χ0n) is 11.8. The van der Waals surface area contributed by atoms with Crippen LogP contribution in [0.25, 0.3) is 0 Å². The van der Waals surface area contributed by atoms with Gasteiger partial charge in [-0.2, -0.15) is 0 Å². The first kappa shape index (κ1) is 14.3. The van der Waals surface area contributed by atoms with Gasteiger partial charge in [-0.15, -0.1) is 11.3 Å². The third kappa shape index (κ3) is 3.08. The van der Waals surface area contributed by atoms with E-state index in [1.807, 2.05) is 13.8 Å². The van der Waals surface area contributed by atoms with Gasteiger partial charge in [0.1, 0.15) is 11.5 Å². The molecule has 0 fully saturated rings. The monoisotopic (exact) mass is 292 g/mol. The van der Waals surface area contributed by atoms with Gasteiger partial charge in [0.2, 0.25) is 0 Å². The Kier molecular flexibility index (Phi) is 4.24. The third-order valence-electron chi connectivity index (χ3n) is 2.86. The number of benzene rings is 1. The van der Waals surface area contributed by atoms with Crippen molar-refractivity contribution in [3.8, 4) is 11.5 Å². The molecule has 0 saturated heterocycles. The van der Waals surface area contributed by atoms with Crippen molar-refractivity contribution >= 4 is 22.4 Å². The van der Waals surface area contributed by atoms with Gasteiger partial charge in [0.25, 0.3) is 5.91 Å². The van der Waals surface area contributed by atoms with E-state index in [0.717, 1.165) is 10.6 Å². The van der Waals surface area contributed by atoms with E-state index in [1.54, 1.807) is 32.4 Å². The molecule has 0 aliphatic carbocycles. The molecule has 0 aliphatic rings. The van der Waals surface area contributed by atoms with Crippen LogP contribution in [-0.2, 0) is 0 Å².